The van der Waals surface area contributed by atoms with Crippen molar-refractivity contribution in [2.24, 2.45) is 0 Å². The number of imidazole rings is 1. The van der Waals surface area contributed by atoms with Gasteiger partial charge in [0.15, 0.2) is 0 Å². The minimum Gasteiger partial charge on any atom is -0.336 e. The van der Waals surface area contributed by atoms with Crippen LogP contribution in [0.1, 0.15) is 18.9 Å². The highest BCUT2D eigenvalue weighted by molar-refractivity contribution is 7.98. The van der Waals surface area contributed by atoms with Crippen LogP contribution in [-0.2, 0) is 6.54 Å². The van der Waals surface area contributed by atoms with E-state index in [0.29, 0.717) is 6.54 Å². The van der Waals surface area contributed by atoms with Gasteiger partial charge in [0.2, 0.25) is 0 Å². The van der Waals surface area contributed by atoms with Gasteiger partial charge in [-0.1, -0.05) is 12.1 Å². The van der Waals surface area contributed by atoms with Gasteiger partial charge in [0.05, 0.1) is 6.33 Å². The van der Waals surface area contributed by atoms with Crippen LogP contribution in [0, 0.1) is 0 Å². The Morgan fingerprint density at radius 3 is 3.05 bits per heavy atom. The molecule has 0 spiro atoms. The summed E-state index contributed by atoms with van der Waals surface area (Å²) in [7, 11) is 0. The van der Waals surface area contributed by atoms with Gasteiger partial charge in [0.25, 0.3) is 0 Å². The van der Waals surface area contributed by atoms with E-state index in [-0.39, 0.29) is 12.1 Å². The predicted molar refractivity (Wildman–Crippen MR) is 91.4 cm³/mol. The minimum absolute atomic E-state index is 0.123. The first kappa shape index (κ1) is 16.4. The first-order valence-corrected chi connectivity index (χ1v) is 8.69. The fourth-order valence-corrected chi connectivity index (χ4v) is 2.65. The highest BCUT2D eigenvalue weighted by Crippen LogP contribution is 2.10. The second-order valence-electron chi connectivity index (χ2n) is 5.15. The van der Waals surface area contributed by atoms with Crippen molar-refractivity contribution in [2.45, 2.75) is 25.9 Å². The number of carbonyl (C=O) groups is 1. The van der Waals surface area contributed by atoms with Gasteiger partial charge in [-0.15, -0.1) is 0 Å². The first-order chi connectivity index (χ1) is 10.7. The van der Waals surface area contributed by atoms with Crippen LogP contribution in [0.4, 0.5) is 4.79 Å². The number of thioether (sulfide) groups is 1. The van der Waals surface area contributed by atoms with Crippen molar-refractivity contribution in [3.8, 4) is 5.69 Å². The summed E-state index contributed by atoms with van der Waals surface area (Å²) in [5.41, 5.74) is 2.09. The summed E-state index contributed by atoms with van der Waals surface area (Å²) in [6.07, 6.45) is 8.44. The largest absolute Gasteiger partial charge is 0.336 e. The van der Waals surface area contributed by atoms with Gasteiger partial charge in [-0.25, -0.2) is 9.78 Å². The Balaban J connectivity index is 1.84. The third-order valence-corrected chi connectivity index (χ3v) is 3.94. The highest BCUT2D eigenvalue weighted by atomic mass is 32.2. The van der Waals surface area contributed by atoms with E-state index in [1.807, 2.05) is 42.0 Å². The van der Waals surface area contributed by atoms with Gasteiger partial charge < -0.3 is 15.2 Å². The number of hydrogen-bond donors (Lipinski definition) is 2. The molecule has 6 heteroatoms. The van der Waals surface area contributed by atoms with Crippen LogP contribution in [0.2, 0.25) is 0 Å². The molecule has 1 aromatic carbocycles. The summed E-state index contributed by atoms with van der Waals surface area (Å²) >= 11 is 1.79. The van der Waals surface area contributed by atoms with Crippen LogP contribution in [0.5, 0.6) is 0 Å². The monoisotopic (exact) mass is 318 g/mol. The summed E-state index contributed by atoms with van der Waals surface area (Å²) in [5.74, 6) is 1.05. The topological polar surface area (TPSA) is 59.0 Å². The molecule has 0 aliphatic heterocycles. The highest BCUT2D eigenvalue weighted by Gasteiger charge is 2.06. The number of benzene rings is 1. The molecule has 118 valence electrons. The van der Waals surface area contributed by atoms with Gasteiger partial charge in [0, 0.05) is 30.7 Å². The minimum atomic E-state index is -0.123. The Morgan fingerprint density at radius 1 is 1.45 bits per heavy atom. The van der Waals surface area contributed by atoms with E-state index in [1.54, 1.807) is 24.3 Å². The zero-order chi connectivity index (χ0) is 15.8. The van der Waals surface area contributed by atoms with Gasteiger partial charge in [-0.3, -0.25) is 0 Å². The fourth-order valence-electron chi connectivity index (χ4n) is 2.06. The molecular formula is C16H22N4OS. The lowest BCUT2D eigenvalue weighted by Crippen LogP contribution is -2.40. The van der Waals surface area contributed by atoms with E-state index in [2.05, 4.69) is 21.9 Å². The summed E-state index contributed by atoms with van der Waals surface area (Å²) < 4.78 is 1.94. The number of rotatable bonds is 7. The Morgan fingerprint density at radius 2 is 2.32 bits per heavy atom. The molecule has 0 saturated heterocycles. The standard InChI is InChI=1S/C16H22N4OS/c1-13(6-9-22-2)19-16(21)18-11-14-4-3-5-15(10-14)20-8-7-17-12-20/h3-5,7-8,10,12-13H,6,9,11H2,1-2H3,(H2,18,19,21)/t13-/m1/s1. The van der Waals surface area contributed by atoms with Gasteiger partial charge in [-0.05, 0) is 43.0 Å². The average Bonchev–Trinajstić information content (AvgIpc) is 3.06. The average molecular weight is 318 g/mol. The van der Waals surface area contributed by atoms with Gasteiger partial charge >= 0.3 is 6.03 Å². The SMILES string of the molecule is CSCC[C@@H](C)NC(=O)NCc1cccc(-n2ccnc2)c1. The lowest BCUT2D eigenvalue weighted by Gasteiger charge is -2.14. The third-order valence-electron chi connectivity index (χ3n) is 3.30. The van der Waals surface area contributed by atoms with Crippen molar-refractivity contribution in [3.05, 3.63) is 48.5 Å². The molecule has 0 unspecified atom stereocenters. The van der Waals surface area contributed by atoms with E-state index in [0.717, 1.165) is 23.4 Å². The van der Waals surface area contributed by atoms with Gasteiger partial charge in [0.1, 0.15) is 0 Å². The van der Waals surface area contributed by atoms with Crippen molar-refractivity contribution >= 4 is 17.8 Å². The lowest BCUT2D eigenvalue weighted by molar-refractivity contribution is 0.237. The summed E-state index contributed by atoms with van der Waals surface area (Å²) in [6, 6.07) is 8.09. The van der Waals surface area contributed by atoms with Crippen molar-refractivity contribution in [1.82, 2.24) is 20.2 Å². The van der Waals surface area contributed by atoms with Crippen LogP contribution < -0.4 is 10.6 Å². The second-order valence-corrected chi connectivity index (χ2v) is 6.13. The Kier molecular flexibility index (Phi) is 6.33. The number of nitrogens with zero attached hydrogens (tertiary/aromatic N) is 2. The zero-order valence-corrected chi connectivity index (χ0v) is 13.8. The molecule has 2 N–H and O–H groups in total. The van der Waals surface area contributed by atoms with Crippen molar-refractivity contribution in [2.75, 3.05) is 12.0 Å². The van der Waals surface area contributed by atoms with E-state index in [1.165, 1.54) is 0 Å². The number of carbonyl (C=O) groups excluding carboxylic acids is 1. The maximum Gasteiger partial charge on any atom is 0.315 e. The van der Waals surface area contributed by atoms with Crippen molar-refractivity contribution in [1.29, 1.82) is 0 Å². The molecule has 0 aliphatic carbocycles. The van der Waals surface area contributed by atoms with E-state index < -0.39 is 0 Å². The molecule has 1 heterocycles. The van der Waals surface area contributed by atoms with Crippen LogP contribution >= 0.6 is 11.8 Å². The number of hydrogen-bond acceptors (Lipinski definition) is 3. The zero-order valence-electron chi connectivity index (χ0n) is 13.0. The Bertz CT molecular complexity index is 586. The molecule has 0 fully saturated rings. The molecule has 1 aromatic heterocycles. The van der Waals surface area contributed by atoms with Crippen LogP contribution in [-0.4, -0.2) is 33.6 Å². The quantitative estimate of drug-likeness (QED) is 0.825. The summed E-state index contributed by atoms with van der Waals surface area (Å²) in [6.45, 7) is 2.53. The molecule has 2 amide bonds. The number of urea groups is 1. The smallest absolute Gasteiger partial charge is 0.315 e. The maximum absolute atomic E-state index is 11.9. The number of nitrogens with one attached hydrogen (secondary N) is 2. The molecule has 0 bridgehead atoms. The van der Waals surface area contributed by atoms with Crippen molar-refractivity contribution < 1.29 is 4.79 Å². The molecule has 5 nitrogen and oxygen atoms in total. The van der Waals surface area contributed by atoms with Crippen molar-refractivity contribution in [3.63, 3.8) is 0 Å². The Hall–Kier alpha value is -1.95. The summed E-state index contributed by atoms with van der Waals surface area (Å²) in [4.78, 5) is 15.9. The molecular weight excluding hydrogens is 296 g/mol. The maximum atomic E-state index is 11.9. The van der Waals surface area contributed by atoms with E-state index in [9.17, 15) is 4.79 Å². The molecule has 0 saturated carbocycles. The molecule has 0 aliphatic rings. The van der Waals surface area contributed by atoms with Crippen LogP contribution in [0.3, 0.4) is 0 Å². The normalized spacial score (nSPS) is 11.9. The first-order valence-electron chi connectivity index (χ1n) is 7.29. The van der Waals surface area contributed by atoms with Crippen LogP contribution in [0.25, 0.3) is 5.69 Å². The molecule has 22 heavy (non-hydrogen) atoms. The van der Waals surface area contributed by atoms with Crippen LogP contribution in [0.15, 0.2) is 43.0 Å². The fraction of sp³-hybridized carbons (Fsp3) is 0.375. The number of amides is 2. The second kappa shape index (κ2) is 8.48. The van der Waals surface area contributed by atoms with E-state index >= 15 is 0 Å². The third kappa shape index (κ3) is 5.11. The number of aromatic nitrogens is 2. The Labute approximate surface area is 135 Å². The molecule has 2 aromatic rings. The molecule has 0 radical (unpaired) electrons. The summed E-state index contributed by atoms with van der Waals surface area (Å²) in [5, 5.41) is 5.85. The molecule has 2 rings (SSSR count). The predicted octanol–water partition coefficient (Wildman–Crippen LogP) is 2.81. The lowest BCUT2D eigenvalue weighted by atomic mass is 10.2. The van der Waals surface area contributed by atoms with Gasteiger partial charge in [-0.2, -0.15) is 11.8 Å². The van der Waals surface area contributed by atoms with E-state index in [4.69, 9.17) is 0 Å². The molecule has 1 atom stereocenters.